The maximum Gasteiger partial charge on any atom is 0.169 e. The Balaban J connectivity index is 1.94. The van der Waals surface area contributed by atoms with Gasteiger partial charge in [0.25, 0.3) is 0 Å². The van der Waals surface area contributed by atoms with Gasteiger partial charge in [-0.25, -0.2) is 4.57 Å². The van der Waals surface area contributed by atoms with Crippen molar-refractivity contribution >= 4 is 17.7 Å². The molecule has 0 fully saturated rings. The third-order valence-corrected chi connectivity index (χ3v) is 3.05. The Morgan fingerprint density at radius 1 is 0.944 bits per heavy atom. The lowest BCUT2D eigenvalue weighted by Gasteiger charge is -1.97. The lowest BCUT2D eigenvalue weighted by molar-refractivity contribution is -0.671. The van der Waals surface area contributed by atoms with Crippen molar-refractivity contribution in [2.75, 3.05) is 0 Å². The van der Waals surface area contributed by atoms with Gasteiger partial charge >= 0.3 is 0 Å². The summed E-state index contributed by atoms with van der Waals surface area (Å²) < 4.78 is 4.21. The third-order valence-electron chi connectivity index (χ3n) is 3.05. The number of rotatable bonds is 2. The van der Waals surface area contributed by atoms with E-state index in [2.05, 4.69) is 71.5 Å². The molecular weight excluding hydrogens is 220 g/mol. The molecule has 0 bridgehead atoms. The molecule has 2 nitrogen and oxygen atoms in total. The van der Waals surface area contributed by atoms with E-state index in [4.69, 9.17) is 0 Å². The van der Waals surface area contributed by atoms with Gasteiger partial charge < -0.3 is 4.40 Å². The lowest BCUT2D eigenvalue weighted by atomic mass is 10.2. The Bertz CT molecular complexity index is 690. The number of hydrogen-bond acceptors (Lipinski definition) is 0. The van der Waals surface area contributed by atoms with Crippen molar-refractivity contribution in [3.63, 3.8) is 0 Å². The Morgan fingerprint density at radius 3 is 2.61 bits per heavy atom. The monoisotopic (exact) mass is 235 g/mol. The van der Waals surface area contributed by atoms with E-state index in [1.54, 1.807) is 0 Å². The Labute approximate surface area is 106 Å². The first-order valence-corrected chi connectivity index (χ1v) is 6.02. The number of aryl methyl sites for hydroxylation is 1. The van der Waals surface area contributed by atoms with Crippen molar-refractivity contribution in [2.45, 2.75) is 0 Å². The smallest absolute Gasteiger partial charge is 0.169 e. The molecule has 0 aliphatic rings. The van der Waals surface area contributed by atoms with E-state index in [9.17, 15) is 0 Å². The first-order chi connectivity index (χ1) is 8.83. The molecule has 0 N–H and O–H groups in total. The first-order valence-electron chi connectivity index (χ1n) is 6.02. The average Bonchev–Trinajstić information content (AvgIpc) is 2.82. The van der Waals surface area contributed by atoms with Gasteiger partial charge in [0.15, 0.2) is 12.4 Å². The second-order valence-corrected chi connectivity index (χ2v) is 4.38. The molecule has 2 heteroatoms. The SMILES string of the molecule is C[n+]1ccc(/C=C/c2ccc3ccccn23)cc1. The van der Waals surface area contributed by atoms with Crippen LogP contribution in [0.1, 0.15) is 11.3 Å². The Hall–Kier alpha value is -2.35. The molecule has 0 amide bonds. The Kier molecular flexibility index (Phi) is 2.69. The van der Waals surface area contributed by atoms with Crippen molar-refractivity contribution in [2.24, 2.45) is 7.05 Å². The summed E-state index contributed by atoms with van der Waals surface area (Å²) in [5, 5.41) is 0. The van der Waals surface area contributed by atoms with Crippen LogP contribution in [0.4, 0.5) is 0 Å². The zero-order chi connectivity index (χ0) is 12.4. The predicted octanol–water partition coefficient (Wildman–Crippen LogP) is 2.93. The largest absolute Gasteiger partial charge is 0.317 e. The van der Waals surface area contributed by atoms with Crippen molar-refractivity contribution < 1.29 is 4.57 Å². The van der Waals surface area contributed by atoms with Gasteiger partial charge in [0, 0.05) is 29.5 Å². The quantitative estimate of drug-likeness (QED) is 0.604. The molecule has 0 aliphatic carbocycles. The number of pyridine rings is 2. The second kappa shape index (κ2) is 4.49. The highest BCUT2D eigenvalue weighted by Crippen LogP contribution is 2.12. The number of hydrogen-bond donors (Lipinski definition) is 0. The summed E-state index contributed by atoms with van der Waals surface area (Å²) in [6.45, 7) is 0. The van der Waals surface area contributed by atoms with Crippen LogP contribution in [0.2, 0.25) is 0 Å². The van der Waals surface area contributed by atoms with Gasteiger partial charge in [-0.3, -0.25) is 0 Å². The molecule has 3 aromatic heterocycles. The fourth-order valence-corrected chi connectivity index (χ4v) is 2.02. The fourth-order valence-electron chi connectivity index (χ4n) is 2.02. The van der Waals surface area contributed by atoms with Crippen molar-refractivity contribution in [1.29, 1.82) is 0 Å². The van der Waals surface area contributed by atoms with Crippen LogP contribution in [0, 0.1) is 0 Å². The standard InChI is InChI=1S/C16H15N2/c1-17-12-9-14(10-13-17)5-6-16-8-7-15-4-2-3-11-18(15)16/h2-13H,1H3/q+1. The maximum absolute atomic E-state index is 2.18. The van der Waals surface area contributed by atoms with Crippen LogP contribution in [0.15, 0.2) is 61.1 Å². The molecule has 0 unspecified atom stereocenters. The number of fused-ring (bicyclic) bond motifs is 1. The highest BCUT2D eigenvalue weighted by atomic mass is 14.9. The van der Waals surface area contributed by atoms with E-state index in [0.29, 0.717) is 0 Å². The molecular formula is C16H15N2+. The summed E-state index contributed by atoms with van der Waals surface area (Å²) in [5.74, 6) is 0. The van der Waals surface area contributed by atoms with Crippen LogP contribution in [0.25, 0.3) is 17.7 Å². The summed E-state index contributed by atoms with van der Waals surface area (Å²) in [4.78, 5) is 0. The van der Waals surface area contributed by atoms with Gasteiger partial charge in [-0.2, -0.15) is 0 Å². The van der Waals surface area contributed by atoms with E-state index >= 15 is 0 Å². The highest BCUT2D eigenvalue weighted by molar-refractivity contribution is 5.70. The van der Waals surface area contributed by atoms with Gasteiger partial charge in [0.2, 0.25) is 0 Å². The Morgan fingerprint density at radius 2 is 1.78 bits per heavy atom. The number of nitrogens with zero attached hydrogens (tertiary/aromatic N) is 2. The van der Waals surface area contributed by atoms with Crippen LogP contribution in [-0.2, 0) is 7.05 Å². The molecule has 0 radical (unpaired) electrons. The molecule has 0 aliphatic heterocycles. The zero-order valence-corrected chi connectivity index (χ0v) is 10.3. The molecule has 18 heavy (non-hydrogen) atoms. The molecule has 3 rings (SSSR count). The summed E-state index contributed by atoms with van der Waals surface area (Å²) in [6, 6.07) is 14.7. The van der Waals surface area contributed by atoms with E-state index < -0.39 is 0 Å². The zero-order valence-electron chi connectivity index (χ0n) is 10.3. The van der Waals surface area contributed by atoms with Crippen LogP contribution < -0.4 is 4.57 Å². The summed E-state index contributed by atoms with van der Waals surface area (Å²) in [6.07, 6.45) is 10.5. The molecule has 0 atom stereocenters. The average molecular weight is 235 g/mol. The molecule has 3 aromatic rings. The molecule has 88 valence electrons. The lowest BCUT2D eigenvalue weighted by Crippen LogP contribution is -2.25. The number of aromatic nitrogens is 2. The van der Waals surface area contributed by atoms with Crippen LogP contribution in [0.3, 0.4) is 0 Å². The van der Waals surface area contributed by atoms with E-state index in [1.165, 1.54) is 16.8 Å². The molecule has 0 aromatic carbocycles. The van der Waals surface area contributed by atoms with Gasteiger partial charge in [0.1, 0.15) is 7.05 Å². The van der Waals surface area contributed by atoms with E-state index in [-0.39, 0.29) is 0 Å². The molecule has 3 heterocycles. The van der Waals surface area contributed by atoms with Crippen molar-refractivity contribution in [3.8, 4) is 0 Å². The van der Waals surface area contributed by atoms with Crippen LogP contribution >= 0.6 is 0 Å². The summed E-state index contributed by atoms with van der Waals surface area (Å²) >= 11 is 0. The minimum atomic E-state index is 1.19. The topological polar surface area (TPSA) is 8.29 Å². The third kappa shape index (κ3) is 2.05. The predicted molar refractivity (Wildman–Crippen MR) is 73.9 cm³/mol. The first kappa shape index (κ1) is 10.8. The molecule has 0 saturated carbocycles. The summed E-state index contributed by atoms with van der Waals surface area (Å²) in [5.41, 5.74) is 3.62. The molecule has 0 saturated heterocycles. The minimum Gasteiger partial charge on any atom is -0.317 e. The van der Waals surface area contributed by atoms with E-state index in [0.717, 1.165) is 0 Å². The van der Waals surface area contributed by atoms with Crippen LogP contribution in [0.5, 0.6) is 0 Å². The summed E-state index contributed by atoms with van der Waals surface area (Å²) in [7, 11) is 2.02. The van der Waals surface area contributed by atoms with Gasteiger partial charge in [0.05, 0.1) is 0 Å². The van der Waals surface area contributed by atoms with E-state index in [1.807, 2.05) is 17.7 Å². The van der Waals surface area contributed by atoms with Gasteiger partial charge in [-0.05, 0) is 35.9 Å². The highest BCUT2D eigenvalue weighted by Gasteiger charge is 1.97. The van der Waals surface area contributed by atoms with Crippen molar-refractivity contribution in [3.05, 3.63) is 72.3 Å². The van der Waals surface area contributed by atoms with Crippen molar-refractivity contribution in [1.82, 2.24) is 4.40 Å². The second-order valence-electron chi connectivity index (χ2n) is 4.38. The van der Waals surface area contributed by atoms with Gasteiger partial charge in [-0.1, -0.05) is 12.1 Å². The maximum atomic E-state index is 2.18. The minimum absolute atomic E-state index is 1.19. The normalized spacial score (nSPS) is 11.4. The van der Waals surface area contributed by atoms with Gasteiger partial charge in [-0.15, -0.1) is 0 Å². The van der Waals surface area contributed by atoms with Crippen LogP contribution in [-0.4, -0.2) is 4.40 Å². The molecule has 0 spiro atoms. The fraction of sp³-hybridized carbons (Fsp3) is 0.0625.